The van der Waals surface area contributed by atoms with Crippen molar-refractivity contribution in [2.45, 2.75) is 6.92 Å². The average Bonchev–Trinajstić information content (AvgIpc) is 3.06. The van der Waals surface area contributed by atoms with Gasteiger partial charge in [-0.1, -0.05) is 23.8 Å². The maximum Gasteiger partial charge on any atom is 0.266 e. The quantitative estimate of drug-likeness (QED) is 0.510. The zero-order valence-corrected chi connectivity index (χ0v) is 14.7. The van der Waals surface area contributed by atoms with E-state index in [1.165, 1.54) is 29.1 Å². The number of aromatic nitrogens is 3. The van der Waals surface area contributed by atoms with Crippen LogP contribution in [0.25, 0.3) is 16.7 Å². The third-order valence-corrected chi connectivity index (χ3v) is 4.31. The van der Waals surface area contributed by atoms with Gasteiger partial charge in [-0.05, 0) is 37.3 Å². The van der Waals surface area contributed by atoms with Crippen LogP contribution in [0.1, 0.15) is 15.9 Å². The summed E-state index contributed by atoms with van der Waals surface area (Å²) in [6.45, 7) is 1.95. The van der Waals surface area contributed by atoms with Crippen LogP contribution in [0.4, 0.5) is 10.1 Å². The molecule has 7 nitrogen and oxygen atoms in total. The van der Waals surface area contributed by atoms with Crippen LogP contribution in [0, 0.1) is 12.7 Å². The second-order valence-electron chi connectivity index (χ2n) is 6.30. The number of aryl methyl sites for hydroxylation is 1. The van der Waals surface area contributed by atoms with Crippen molar-refractivity contribution in [3.63, 3.8) is 0 Å². The van der Waals surface area contributed by atoms with Crippen LogP contribution in [0.2, 0.25) is 0 Å². The molecule has 0 fully saturated rings. The molecule has 3 N–H and O–H groups in total. The number of nitrogens with zero attached hydrogens (tertiary/aromatic N) is 2. The first-order valence-corrected chi connectivity index (χ1v) is 8.41. The van der Waals surface area contributed by atoms with E-state index < -0.39 is 28.6 Å². The summed E-state index contributed by atoms with van der Waals surface area (Å²) in [6, 6.07) is 12.7. The summed E-state index contributed by atoms with van der Waals surface area (Å²) < 4.78 is 14.8. The van der Waals surface area contributed by atoms with Crippen LogP contribution >= 0.6 is 0 Å². The number of rotatable bonds is 3. The number of halogens is 1. The Morgan fingerprint density at radius 3 is 2.68 bits per heavy atom. The predicted octanol–water partition coefficient (Wildman–Crippen LogP) is 3.12. The number of hydrogen-bond acceptors (Lipinski definition) is 4. The molecule has 140 valence electrons. The standard InChI is InChI=1S/C20H15FN4O3/c1-11-5-7-14(8-6-11)25-18-15(10-22-25)17(26)16(20(28)24-18)19(27)23-13-4-2-3-12(21)9-13/h2-10H,1H3,(H,23,27)(H2,24,26,28). The SMILES string of the molecule is Cc1ccc(-n2ncc3c(O)c(C(=O)Nc4cccc(F)c4)c(=O)[nH]c32)cc1. The van der Waals surface area contributed by atoms with Gasteiger partial charge in [-0.2, -0.15) is 5.10 Å². The lowest BCUT2D eigenvalue weighted by molar-refractivity contribution is 0.102. The topological polar surface area (TPSA) is 100 Å². The predicted molar refractivity (Wildman–Crippen MR) is 102 cm³/mol. The summed E-state index contributed by atoms with van der Waals surface area (Å²) in [7, 11) is 0. The summed E-state index contributed by atoms with van der Waals surface area (Å²) >= 11 is 0. The third-order valence-electron chi connectivity index (χ3n) is 4.31. The average molecular weight is 378 g/mol. The van der Waals surface area contributed by atoms with Crippen molar-refractivity contribution in [1.29, 1.82) is 0 Å². The number of carbonyl (C=O) groups is 1. The van der Waals surface area contributed by atoms with Gasteiger partial charge in [-0.15, -0.1) is 0 Å². The largest absolute Gasteiger partial charge is 0.506 e. The number of hydrogen-bond donors (Lipinski definition) is 3. The van der Waals surface area contributed by atoms with E-state index in [0.717, 1.165) is 11.6 Å². The van der Waals surface area contributed by atoms with Gasteiger partial charge in [0.2, 0.25) is 0 Å². The van der Waals surface area contributed by atoms with Crippen molar-refractivity contribution in [2.24, 2.45) is 0 Å². The molecule has 0 saturated carbocycles. The van der Waals surface area contributed by atoms with Crippen LogP contribution in [-0.4, -0.2) is 25.8 Å². The van der Waals surface area contributed by atoms with Gasteiger partial charge in [0, 0.05) is 5.69 Å². The minimum absolute atomic E-state index is 0.166. The van der Waals surface area contributed by atoms with Gasteiger partial charge in [0.15, 0.2) is 0 Å². The molecule has 2 heterocycles. The maximum atomic E-state index is 13.3. The summed E-state index contributed by atoms with van der Waals surface area (Å²) in [5.41, 5.74) is 0.918. The van der Waals surface area contributed by atoms with Crippen LogP contribution in [0.5, 0.6) is 5.75 Å². The Hall–Kier alpha value is -3.94. The molecule has 0 saturated heterocycles. The van der Waals surface area contributed by atoms with Crippen LogP contribution < -0.4 is 10.9 Å². The van der Waals surface area contributed by atoms with E-state index >= 15 is 0 Å². The van der Waals surface area contributed by atoms with Crippen molar-refractivity contribution in [3.05, 3.63) is 82.0 Å². The number of amides is 1. The molecule has 2 aromatic heterocycles. The Labute approximate surface area is 158 Å². The van der Waals surface area contributed by atoms with Crippen LogP contribution in [-0.2, 0) is 0 Å². The van der Waals surface area contributed by atoms with E-state index in [0.29, 0.717) is 5.69 Å². The van der Waals surface area contributed by atoms with Gasteiger partial charge >= 0.3 is 0 Å². The van der Waals surface area contributed by atoms with Crippen molar-refractivity contribution in [1.82, 2.24) is 14.8 Å². The number of anilines is 1. The van der Waals surface area contributed by atoms with Gasteiger partial charge in [0.25, 0.3) is 11.5 Å². The highest BCUT2D eigenvalue weighted by Crippen LogP contribution is 2.27. The fraction of sp³-hybridized carbons (Fsp3) is 0.0500. The number of aromatic hydroxyl groups is 1. The fourth-order valence-corrected chi connectivity index (χ4v) is 2.91. The molecule has 0 radical (unpaired) electrons. The molecule has 1 amide bonds. The number of aromatic amines is 1. The second-order valence-corrected chi connectivity index (χ2v) is 6.30. The Morgan fingerprint density at radius 1 is 1.21 bits per heavy atom. The molecule has 0 bridgehead atoms. The van der Waals surface area contributed by atoms with E-state index in [4.69, 9.17) is 0 Å². The van der Waals surface area contributed by atoms with E-state index in [-0.39, 0.29) is 16.7 Å². The molecule has 0 atom stereocenters. The van der Waals surface area contributed by atoms with Gasteiger partial charge in [0.05, 0.1) is 17.3 Å². The Balaban J connectivity index is 1.78. The first kappa shape index (κ1) is 17.5. The van der Waals surface area contributed by atoms with E-state index in [2.05, 4.69) is 15.4 Å². The minimum Gasteiger partial charge on any atom is -0.506 e. The molecule has 4 rings (SSSR count). The monoisotopic (exact) mass is 378 g/mol. The molecular weight excluding hydrogens is 363 g/mol. The first-order valence-electron chi connectivity index (χ1n) is 8.41. The number of H-pyrrole nitrogens is 1. The number of carbonyl (C=O) groups excluding carboxylic acids is 1. The number of pyridine rings is 1. The molecule has 0 aliphatic carbocycles. The van der Waals surface area contributed by atoms with E-state index in [1.807, 2.05) is 31.2 Å². The van der Waals surface area contributed by atoms with Gasteiger partial charge in [0.1, 0.15) is 22.8 Å². The Morgan fingerprint density at radius 2 is 1.96 bits per heavy atom. The molecule has 2 aromatic carbocycles. The van der Waals surface area contributed by atoms with Crippen molar-refractivity contribution < 1.29 is 14.3 Å². The highest BCUT2D eigenvalue weighted by molar-refractivity contribution is 6.08. The summed E-state index contributed by atoms with van der Waals surface area (Å²) in [5, 5.41) is 17.3. The molecule has 0 aliphatic heterocycles. The van der Waals surface area contributed by atoms with Gasteiger partial charge in [-0.3, -0.25) is 9.59 Å². The van der Waals surface area contributed by atoms with E-state index in [9.17, 15) is 19.1 Å². The fourth-order valence-electron chi connectivity index (χ4n) is 2.91. The lowest BCUT2D eigenvalue weighted by Gasteiger charge is -2.08. The molecule has 4 aromatic rings. The van der Waals surface area contributed by atoms with Crippen molar-refractivity contribution >= 4 is 22.6 Å². The van der Waals surface area contributed by atoms with Gasteiger partial charge < -0.3 is 15.4 Å². The Kier molecular flexibility index (Phi) is 4.15. The third kappa shape index (κ3) is 3.01. The smallest absolute Gasteiger partial charge is 0.266 e. The molecule has 0 unspecified atom stereocenters. The van der Waals surface area contributed by atoms with Gasteiger partial charge in [-0.25, -0.2) is 9.07 Å². The molecule has 0 spiro atoms. The van der Waals surface area contributed by atoms with Crippen LogP contribution in [0.3, 0.4) is 0 Å². The molecular formula is C20H15FN4O3. The zero-order valence-electron chi connectivity index (χ0n) is 14.7. The molecule has 28 heavy (non-hydrogen) atoms. The lowest BCUT2D eigenvalue weighted by Crippen LogP contribution is -2.23. The van der Waals surface area contributed by atoms with Crippen LogP contribution in [0.15, 0.2) is 59.5 Å². The highest BCUT2D eigenvalue weighted by Gasteiger charge is 2.22. The second kappa shape index (κ2) is 6.66. The molecule has 8 heteroatoms. The normalized spacial score (nSPS) is 10.9. The number of nitrogens with one attached hydrogen (secondary N) is 2. The first-order chi connectivity index (χ1) is 13.4. The van der Waals surface area contributed by atoms with E-state index in [1.54, 1.807) is 0 Å². The molecule has 0 aliphatic rings. The van der Waals surface area contributed by atoms with Crippen molar-refractivity contribution in [2.75, 3.05) is 5.32 Å². The lowest BCUT2D eigenvalue weighted by atomic mass is 10.2. The zero-order chi connectivity index (χ0) is 19.8. The van der Waals surface area contributed by atoms with Crippen molar-refractivity contribution in [3.8, 4) is 11.4 Å². The maximum absolute atomic E-state index is 13.3. The number of fused-ring (bicyclic) bond motifs is 1. The number of benzene rings is 2. The Bertz CT molecular complexity index is 1260. The summed E-state index contributed by atoms with van der Waals surface area (Å²) in [6.07, 6.45) is 1.36. The summed E-state index contributed by atoms with van der Waals surface area (Å²) in [5.74, 6) is -1.88. The summed E-state index contributed by atoms with van der Waals surface area (Å²) in [4.78, 5) is 27.6. The highest BCUT2D eigenvalue weighted by atomic mass is 19.1. The minimum atomic E-state index is -0.852.